The first-order valence-corrected chi connectivity index (χ1v) is 4.84. The number of carbonyl (C=O) groups is 1. The highest BCUT2D eigenvalue weighted by Crippen LogP contribution is 2.11. The molecule has 5 heteroatoms. The predicted octanol–water partition coefficient (Wildman–Crippen LogP) is -0.884. The average molecular weight is 202 g/mol. The largest absolute Gasteiger partial charge is 0.479 e. The molecule has 82 valence electrons. The molecule has 1 fully saturated rings. The molecule has 14 heavy (non-hydrogen) atoms. The molecule has 0 aromatic heterocycles. The van der Waals surface area contributed by atoms with Crippen molar-refractivity contribution < 1.29 is 15.0 Å². The van der Waals surface area contributed by atoms with Crippen molar-refractivity contribution in [3.63, 3.8) is 0 Å². The van der Waals surface area contributed by atoms with E-state index in [1.165, 1.54) is 6.92 Å². The van der Waals surface area contributed by atoms with Gasteiger partial charge in [0.25, 0.3) is 0 Å². The lowest BCUT2D eigenvalue weighted by Gasteiger charge is -2.37. The summed E-state index contributed by atoms with van der Waals surface area (Å²) >= 11 is 0. The van der Waals surface area contributed by atoms with Crippen molar-refractivity contribution in [2.24, 2.45) is 0 Å². The standard InChI is InChI=1S/C9H18N2O3/c1-7-5-10-3-4-11(7)6-9(2,14)8(12)13/h7,10,14H,3-6H2,1-2H3,(H,12,13)/t7-,9?/m1/s1. The van der Waals surface area contributed by atoms with Gasteiger partial charge in [0.2, 0.25) is 0 Å². The van der Waals surface area contributed by atoms with Crippen LogP contribution in [0.1, 0.15) is 13.8 Å². The van der Waals surface area contributed by atoms with E-state index in [1.54, 1.807) is 0 Å². The number of carboxylic acids is 1. The fraction of sp³-hybridized carbons (Fsp3) is 0.889. The SMILES string of the molecule is C[C@@H]1CNCCN1CC(C)(O)C(=O)O. The van der Waals surface area contributed by atoms with Crippen LogP contribution in [0.15, 0.2) is 0 Å². The van der Waals surface area contributed by atoms with E-state index >= 15 is 0 Å². The first kappa shape index (κ1) is 11.4. The van der Waals surface area contributed by atoms with Crippen molar-refractivity contribution in [2.75, 3.05) is 26.2 Å². The van der Waals surface area contributed by atoms with E-state index in [4.69, 9.17) is 5.11 Å². The highest BCUT2D eigenvalue weighted by atomic mass is 16.4. The van der Waals surface area contributed by atoms with Gasteiger partial charge in [0, 0.05) is 32.2 Å². The van der Waals surface area contributed by atoms with Crippen molar-refractivity contribution in [1.29, 1.82) is 0 Å². The van der Waals surface area contributed by atoms with E-state index in [9.17, 15) is 9.90 Å². The molecular weight excluding hydrogens is 184 g/mol. The summed E-state index contributed by atoms with van der Waals surface area (Å²) in [5.74, 6) is -1.16. The summed E-state index contributed by atoms with van der Waals surface area (Å²) in [6, 6.07) is 0.273. The molecule has 0 bridgehead atoms. The van der Waals surface area contributed by atoms with Crippen LogP contribution in [-0.2, 0) is 4.79 Å². The zero-order valence-electron chi connectivity index (χ0n) is 8.66. The number of carboxylic acid groups (broad SMARTS) is 1. The third-order valence-electron chi connectivity index (χ3n) is 2.61. The van der Waals surface area contributed by atoms with Crippen molar-refractivity contribution in [3.8, 4) is 0 Å². The van der Waals surface area contributed by atoms with Gasteiger partial charge in [0.05, 0.1) is 0 Å². The highest BCUT2D eigenvalue weighted by molar-refractivity contribution is 5.76. The zero-order chi connectivity index (χ0) is 10.8. The van der Waals surface area contributed by atoms with Crippen molar-refractivity contribution in [3.05, 3.63) is 0 Å². The summed E-state index contributed by atoms with van der Waals surface area (Å²) < 4.78 is 0. The Morgan fingerprint density at radius 2 is 2.36 bits per heavy atom. The van der Waals surface area contributed by atoms with Crippen molar-refractivity contribution in [2.45, 2.75) is 25.5 Å². The number of rotatable bonds is 3. The van der Waals surface area contributed by atoms with Gasteiger partial charge in [0.15, 0.2) is 5.60 Å². The molecule has 0 saturated carbocycles. The summed E-state index contributed by atoms with van der Waals surface area (Å²) in [7, 11) is 0. The maximum Gasteiger partial charge on any atom is 0.336 e. The molecule has 1 heterocycles. The van der Waals surface area contributed by atoms with Crippen LogP contribution in [0.4, 0.5) is 0 Å². The number of nitrogens with one attached hydrogen (secondary N) is 1. The molecule has 5 nitrogen and oxygen atoms in total. The first-order chi connectivity index (χ1) is 6.43. The van der Waals surface area contributed by atoms with Gasteiger partial charge >= 0.3 is 5.97 Å². The Morgan fingerprint density at radius 3 is 2.86 bits per heavy atom. The number of piperazine rings is 1. The first-order valence-electron chi connectivity index (χ1n) is 4.84. The van der Waals surface area contributed by atoms with Gasteiger partial charge < -0.3 is 15.5 Å². The highest BCUT2D eigenvalue weighted by Gasteiger charge is 2.34. The molecule has 1 aliphatic heterocycles. The van der Waals surface area contributed by atoms with E-state index in [0.29, 0.717) is 0 Å². The minimum Gasteiger partial charge on any atom is -0.479 e. The van der Waals surface area contributed by atoms with E-state index < -0.39 is 11.6 Å². The minimum atomic E-state index is -1.65. The number of aliphatic carboxylic acids is 1. The summed E-state index contributed by atoms with van der Waals surface area (Å²) in [4.78, 5) is 12.7. The molecular formula is C9H18N2O3. The smallest absolute Gasteiger partial charge is 0.336 e. The van der Waals surface area contributed by atoms with Gasteiger partial charge in [-0.05, 0) is 13.8 Å². The molecule has 0 aromatic carbocycles. The zero-order valence-corrected chi connectivity index (χ0v) is 8.66. The summed E-state index contributed by atoms with van der Waals surface area (Å²) in [6.07, 6.45) is 0. The molecule has 0 aromatic rings. The van der Waals surface area contributed by atoms with Crippen LogP contribution >= 0.6 is 0 Å². The van der Waals surface area contributed by atoms with Crippen LogP contribution in [0.25, 0.3) is 0 Å². The topological polar surface area (TPSA) is 72.8 Å². The van der Waals surface area contributed by atoms with Crippen LogP contribution in [0.2, 0.25) is 0 Å². The van der Waals surface area contributed by atoms with Gasteiger partial charge in [-0.3, -0.25) is 4.90 Å². The van der Waals surface area contributed by atoms with Gasteiger partial charge in [-0.1, -0.05) is 0 Å². The Labute approximate surface area is 83.7 Å². The molecule has 0 spiro atoms. The van der Waals surface area contributed by atoms with Crippen LogP contribution < -0.4 is 5.32 Å². The Bertz CT molecular complexity index is 218. The molecule has 2 atom stereocenters. The van der Waals surface area contributed by atoms with E-state index in [-0.39, 0.29) is 12.6 Å². The van der Waals surface area contributed by atoms with Gasteiger partial charge in [-0.25, -0.2) is 4.79 Å². The summed E-state index contributed by atoms with van der Waals surface area (Å²) in [6.45, 7) is 6.01. The van der Waals surface area contributed by atoms with Gasteiger partial charge in [0.1, 0.15) is 0 Å². The van der Waals surface area contributed by atoms with E-state index in [2.05, 4.69) is 5.32 Å². The predicted molar refractivity (Wildman–Crippen MR) is 52.2 cm³/mol. The quantitative estimate of drug-likeness (QED) is 0.554. The Morgan fingerprint density at radius 1 is 1.71 bits per heavy atom. The monoisotopic (exact) mass is 202 g/mol. The molecule has 0 aliphatic carbocycles. The van der Waals surface area contributed by atoms with Crippen LogP contribution in [0.5, 0.6) is 0 Å². The number of aliphatic hydroxyl groups is 1. The molecule has 3 N–H and O–H groups in total. The van der Waals surface area contributed by atoms with Crippen LogP contribution in [0.3, 0.4) is 0 Å². The number of β-amino-alcohol motifs (C(OH)–C–C–N with tert-alkyl or cyclic N) is 1. The Hall–Kier alpha value is -0.650. The van der Waals surface area contributed by atoms with Crippen LogP contribution in [0, 0.1) is 0 Å². The van der Waals surface area contributed by atoms with E-state index in [0.717, 1.165) is 19.6 Å². The Kier molecular flexibility index (Phi) is 3.47. The molecule has 0 radical (unpaired) electrons. The van der Waals surface area contributed by atoms with Crippen LogP contribution in [-0.4, -0.2) is 58.9 Å². The Balaban J connectivity index is 2.53. The van der Waals surface area contributed by atoms with Crippen molar-refractivity contribution in [1.82, 2.24) is 10.2 Å². The second-order valence-electron chi connectivity index (χ2n) is 4.10. The average Bonchev–Trinajstić information content (AvgIpc) is 2.08. The fourth-order valence-corrected chi connectivity index (χ4v) is 1.58. The third-order valence-corrected chi connectivity index (χ3v) is 2.61. The fourth-order valence-electron chi connectivity index (χ4n) is 1.58. The third kappa shape index (κ3) is 2.67. The minimum absolute atomic E-state index is 0.186. The molecule has 0 amide bonds. The summed E-state index contributed by atoms with van der Waals surface area (Å²) in [5, 5.41) is 21.6. The maximum atomic E-state index is 10.7. The molecule has 1 aliphatic rings. The lowest BCUT2D eigenvalue weighted by atomic mass is 10.1. The second-order valence-corrected chi connectivity index (χ2v) is 4.10. The molecule has 1 saturated heterocycles. The lowest BCUT2D eigenvalue weighted by molar-refractivity contribution is -0.159. The van der Waals surface area contributed by atoms with Crippen molar-refractivity contribution >= 4 is 5.97 Å². The number of hydrogen-bond acceptors (Lipinski definition) is 4. The molecule has 1 unspecified atom stereocenters. The number of hydrogen-bond donors (Lipinski definition) is 3. The maximum absolute atomic E-state index is 10.7. The second kappa shape index (κ2) is 4.25. The van der Waals surface area contributed by atoms with Gasteiger partial charge in [-0.2, -0.15) is 0 Å². The summed E-state index contributed by atoms with van der Waals surface area (Å²) in [5.41, 5.74) is -1.65. The number of nitrogens with zero attached hydrogens (tertiary/aromatic N) is 1. The normalized spacial score (nSPS) is 28.4. The molecule has 1 rings (SSSR count). The van der Waals surface area contributed by atoms with E-state index in [1.807, 2.05) is 11.8 Å². The van der Waals surface area contributed by atoms with Gasteiger partial charge in [-0.15, -0.1) is 0 Å². The lowest BCUT2D eigenvalue weighted by Crippen LogP contribution is -2.56.